The molecule has 3 heterocycles. The highest BCUT2D eigenvalue weighted by Crippen LogP contribution is 2.23. The second-order valence-corrected chi connectivity index (χ2v) is 6.63. The normalized spacial score (nSPS) is 11.4. The van der Waals surface area contributed by atoms with Crippen LogP contribution in [0.25, 0.3) is 10.8 Å². The molecule has 0 aliphatic carbocycles. The SMILES string of the molecule is CCc1nc(CN(C)Cc2nnc(-c3cccs3)o2)cs1. The topological polar surface area (TPSA) is 55.1 Å². The van der Waals surface area contributed by atoms with Gasteiger partial charge in [0.1, 0.15) is 0 Å². The molecule has 0 amide bonds. The van der Waals surface area contributed by atoms with Crippen LogP contribution in [0.4, 0.5) is 0 Å². The van der Waals surface area contributed by atoms with Gasteiger partial charge in [0.05, 0.1) is 22.1 Å². The van der Waals surface area contributed by atoms with Crippen LogP contribution >= 0.6 is 22.7 Å². The van der Waals surface area contributed by atoms with Crippen molar-refractivity contribution >= 4 is 22.7 Å². The summed E-state index contributed by atoms with van der Waals surface area (Å²) in [6, 6.07) is 3.96. The third kappa shape index (κ3) is 3.55. The highest BCUT2D eigenvalue weighted by atomic mass is 32.1. The summed E-state index contributed by atoms with van der Waals surface area (Å²) in [4.78, 5) is 7.70. The monoisotopic (exact) mass is 320 g/mol. The minimum atomic E-state index is 0.593. The molecule has 21 heavy (non-hydrogen) atoms. The Morgan fingerprint density at radius 1 is 1.24 bits per heavy atom. The van der Waals surface area contributed by atoms with E-state index >= 15 is 0 Å². The van der Waals surface area contributed by atoms with Crippen molar-refractivity contribution in [1.82, 2.24) is 20.1 Å². The molecule has 0 unspecified atom stereocenters. The Labute approximate surface area is 131 Å². The van der Waals surface area contributed by atoms with Crippen LogP contribution < -0.4 is 0 Å². The highest BCUT2D eigenvalue weighted by Gasteiger charge is 2.12. The number of nitrogens with zero attached hydrogens (tertiary/aromatic N) is 4. The predicted molar refractivity (Wildman–Crippen MR) is 84.3 cm³/mol. The van der Waals surface area contributed by atoms with Crippen molar-refractivity contribution in [1.29, 1.82) is 0 Å². The Hall–Kier alpha value is -1.57. The van der Waals surface area contributed by atoms with Crippen LogP contribution in [0.15, 0.2) is 27.3 Å². The van der Waals surface area contributed by atoms with E-state index in [0.29, 0.717) is 18.3 Å². The second kappa shape index (κ2) is 6.46. The zero-order valence-corrected chi connectivity index (χ0v) is 13.6. The molecule has 0 spiro atoms. The number of hydrogen-bond donors (Lipinski definition) is 0. The van der Waals surface area contributed by atoms with Crippen LogP contribution in [0, 0.1) is 0 Å². The molecule has 3 aromatic rings. The van der Waals surface area contributed by atoms with Crippen molar-refractivity contribution in [2.24, 2.45) is 0 Å². The van der Waals surface area contributed by atoms with Crippen LogP contribution in [0.5, 0.6) is 0 Å². The fourth-order valence-electron chi connectivity index (χ4n) is 1.96. The summed E-state index contributed by atoms with van der Waals surface area (Å²) in [5.74, 6) is 1.22. The average Bonchev–Trinajstić information content (AvgIpc) is 3.19. The lowest BCUT2D eigenvalue weighted by molar-refractivity contribution is 0.280. The van der Waals surface area contributed by atoms with Crippen LogP contribution in [-0.4, -0.2) is 27.1 Å². The summed E-state index contributed by atoms with van der Waals surface area (Å²) in [5, 5.41) is 13.5. The third-order valence-corrected chi connectivity index (χ3v) is 4.84. The number of aromatic nitrogens is 3. The van der Waals surface area contributed by atoms with Gasteiger partial charge in [-0.1, -0.05) is 13.0 Å². The molecule has 0 saturated carbocycles. The van der Waals surface area contributed by atoms with Gasteiger partial charge < -0.3 is 4.42 Å². The van der Waals surface area contributed by atoms with Crippen molar-refractivity contribution < 1.29 is 4.42 Å². The fraction of sp³-hybridized carbons (Fsp3) is 0.357. The molecule has 3 rings (SSSR count). The molecule has 0 radical (unpaired) electrons. The van der Waals surface area contributed by atoms with E-state index in [0.717, 1.165) is 23.5 Å². The van der Waals surface area contributed by atoms with Crippen molar-refractivity contribution in [3.8, 4) is 10.8 Å². The quantitative estimate of drug-likeness (QED) is 0.696. The van der Waals surface area contributed by atoms with Gasteiger partial charge in [-0.25, -0.2) is 4.98 Å². The molecule has 7 heteroatoms. The summed E-state index contributed by atoms with van der Waals surface area (Å²) in [6.07, 6.45) is 0.988. The van der Waals surface area contributed by atoms with Gasteiger partial charge in [-0.05, 0) is 24.9 Å². The van der Waals surface area contributed by atoms with E-state index < -0.39 is 0 Å². The number of hydrogen-bond acceptors (Lipinski definition) is 7. The molecular formula is C14H16N4OS2. The molecule has 0 saturated heterocycles. The van der Waals surface area contributed by atoms with Gasteiger partial charge in [0.2, 0.25) is 5.89 Å². The lowest BCUT2D eigenvalue weighted by atomic mass is 10.4. The van der Waals surface area contributed by atoms with Gasteiger partial charge in [-0.15, -0.1) is 32.9 Å². The van der Waals surface area contributed by atoms with Gasteiger partial charge in [-0.3, -0.25) is 4.90 Å². The molecule has 110 valence electrons. The average molecular weight is 320 g/mol. The smallest absolute Gasteiger partial charge is 0.257 e. The molecule has 0 N–H and O–H groups in total. The predicted octanol–water partition coefficient (Wildman–Crippen LogP) is 3.45. The maximum Gasteiger partial charge on any atom is 0.257 e. The minimum absolute atomic E-state index is 0.593. The maximum absolute atomic E-state index is 5.69. The molecule has 0 fully saturated rings. The van der Waals surface area contributed by atoms with Crippen molar-refractivity contribution in [3.63, 3.8) is 0 Å². The standard InChI is InChI=1S/C14H16N4OS2/c1-3-13-15-10(9-21-13)7-18(2)8-12-16-17-14(19-12)11-5-4-6-20-11/h4-6,9H,3,7-8H2,1-2H3. The fourth-order valence-corrected chi connectivity index (χ4v) is 3.34. The van der Waals surface area contributed by atoms with Gasteiger partial charge in [0.15, 0.2) is 0 Å². The number of thiazole rings is 1. The van der Waals surface area contributed by atoms with E-state index in [2.05, 4.69) is 32.4 Å². The Bertz CT molecular complexity index is 689. The van der Waals surface area contributed by atoms with E-state index in [-0.39, 0.29) is 0 Å². The second-order valence-electron chi connectivity index (χ2n) is 4.74. The largest absolute Gasteiger partial charge is 0.419 e. The van der Waals surface area contributed by atoms with Gasteiger partial charge in [-0.2, -0.15) is 0 Å². The summed E-state index contributed by atoms with van der Waals surface area (Å²) in [5.41, 5.74) is 1.09. The van der Waals surface area contributed by atoms with Gasteiger partial charge in [0, 0.05) is 11.9 Å². The van der Waals surface area contributed by atoms with Gasteiger partial charge in [0.25, 0.3) is 5.89 Å². The van der Waals surface area contributed by atoms with E-state index in [1.807, 2.05) is 24.6 Å². The van der Waals surface area contributed by atoms with Gasteiger partial charge >= 0.3 is 0 Å². The van der Waals surface area contributed by atoms with Crippen molar-refractivity contribution in [2.45, 2.75) is 26.4 Å². The Morgan fingerprint density at radius 2 is 2.14 bits per heavy atom. The van der Waals surface area contributed by atoms with E-state index in [4.69, 9.17) is 4.42 Å². The zero-order chi connectivity index (χ0) is 14.7. The lowest BCUT2D eigenvalue weighted by Gasteiger charge is -2.11. The van der Waals surface area contributed by atoms with Crippen molar-refractivity contribution in [3.05, 3.63) is 39.5 Å². The molecular weight excluding hydrogens is 304 g/mol. The molecule has 0 bridgehead atoms. The number of rotatable bonds is 6. The van der Waals surface area contributed by atoms with Crippen molar-refractivity contribution in [2.75, 3.05) is 7.05 Å². The number of aryl methyl sites for hydroxylation is 1. The maximum atomic E-state index is 5.69. The molecule has 0 aromatic carbocycles. The highest BCUT2D eigenvalue weighted by molar-refractivity contribution is 7.13. The number of thiophene rings is 1. The minimum Gasteiger partial charge on any atom is -0.419 e. The van der Waals surface area contributed by atoms with Crippen LogP contribution in [-0.2, 0) is 19.5 Å². The van der Waals surface area contributed by atoms with Crippen LogP contribution in [0.2, 0.25) is 0 Å². The molecule has 3 aromatic heterocycles. The van der Waals surface area contributed by atoms with E-state index in [1.54, 1.807) is 22.7 Å². The zero-order valence-electron chi connectivity index (χ0n) is 11.9. The molecule has 0 aliphatic rings. The first kappa shape index (κ1) is 14.4. The summed E-state index contributed by atoms with van der Waals surface area (Å²) < 4.78 is 5.69. The Kier molecular flexibility index (Phi) is 4.42. The molecule has 5 nitrogen and oxygen atoms in total. The molecule has 0 aliphatic heterocycles. The Balaban J connectivity index is 1.61. The first-order chi connectivity index (χ1) is 10.2. The van der Waals surface area contributed by atoms with E-state index in [1.165, 1.54) is 5.01 Å². The van der Waals surface area contributed by atoms with Crippen LogP contribution in [0.3, 0.4) is 0 Å². The Morgan fingerprint density at radius 3 is 2.86 bits per heavy atom. The van der Waals surface area contributed by atoms with E-state index in [9.17, 15) is 0 Å². The first-order valence-corrected chi connectivity index (χ1v) is 8.48. The summed E-state index contributed by atoms with van der Waals surface area (Å²) in [6.45, 7) is 3.53. The molecule has 0 atom stereocenters. The summed E-state index contributed by atoms with van der Waals surface area (Å²) in [7, 11) is 2.03. The third-order valence-electron chi connectivity index (χ3n) is 2.94. The summed E-state index contributed by atoms with van der Waals surface area (Å²) >= 11 is 3.31. The lowest BCUT2D eigenvalue weighted by Crippen LogP contribution is -2.17. The van der Waals surface area contributed by atoms with Crippen LogP contribution in [0.1, 0.15) is 23.5 Å². The first-order valence-electron chi connectivity index (χ1n) is 6.72.